The third-order valence-electron chi connectivity index (χ3n) is 2.94. The highest BCUT2D eigenvalue weighted by Crippen LogP contribution is 2.36. The molecular weight excluding hydrogens is 412 g/mol. The molecular formula is C15H13BrN4O6. The van der Waals surface area contributed by atoms with Gasteiger partial charge in [0.25, 0.3) is 5.69 Å². The van der Waals surface area contributed by atoms with E-state index in [1.54, 1.807) is 12.1 Å². The molecule has 0 amide bonds. The van der Waals surface area contributed by atoms with Gasteiger partial charge in [-0.05, 0) is 39.7 Å². The highest BCUT2D eigenvalue weighted by Gasteiger charge is 2.12. The summed E-state index contributed by atoms with van der Waals surface area (Å²) < 4.78 is 10.9. The maximum absolute atomic E-state index is 10.6. The van der Waals surface area contributed by atoms with E-state index in [4.69, 9.17) is 14.6 Å². The number of aromatic nitrogens is 1. The van der Waals surface area contributed by atoms with Crippen LogP contribution >= 0.6 is 15.9 Å². The Balaban J connectivity index is 2.10. The van der Waals surface area contributed by atoms with Crippen molar-refractivity contribution in [1.29, 1.82) is 0 Å². The van der Waals surface area contributed by atoms with Crippen molar-refractivity contribution in [3.05, 3.63) is 50.6 Å². The summed E-state index contributed by atoms with van der Waals surface area (Å²) in [5, 5.41) is 23.3. The number of nitro groups is 1. The van der Waals surface area contributed by atoms with Crippen LogP contribution in [0.25, 0.3) is 0 Å². The molecule has 2 rings (SSSR count). The summed E-state index contributed by atoms with van der Waals surface area (Å²) in [5.74, 6) is -0.184. The predicted molar refractivity (Wildman–Crippen MR) is 95.9 cm³/mol. The number of carboxylic acid groups (broad SMARTS) is 1. The SMILES string of the molecule is COc1cc(/C=N/Nc2ccc([N+](=O)[O-])cn2)cc(Br)c1OCC(=O)O. The summed E-state index contributed by atoms with van der Waals surface area (Å²) in [6, 6.07) is 6.00. The van der Waals surface area contributed by atoms with E-state index in [0.29, 0.717) is 21.6 Å². The van der Waals surface area contributed by atoms with Gasteiger partial charge in [0, 0.05) is 6.07 Å². The largest absolute Gasteiger partial charge is 0.493 e. The van der Waals surface area contributed by atoms with Crippen LogP contribution in [0.3, 0.4) is 0 Å². The molecule has 0 aliphatic heterocycles. The maximum Gasteiger partial charge on any atom is 0.341 e. The van der Waals surface area contributed by atoms with E-state index in [-0.39, 0.29) is 11.4 Å². The van der Waals surface area contributed by atoms with Crippen molar-refractivity contribution in [2.75, 3.05) is 19.1 Å². The Labute approximate surface area is 155 Å². The first kappa shape index (κ1) is 19.1. The number of ether oxygens (including phenoxy) is 2. The van der Waals surface area contributed by atoms with Crippen LogP contribution in [0.4, 0.5) is 11.5 Å². The lowest BCUT2D eigenvalue weighted by molar-refractivity contribution is -0.385. The number of nitrogens with one attached hydrogen (secondary N) is 1. The number of methoxy groups -OCH3 is 1. The Hall–Kier alpha value is -3.21. The second-order valence-corrected chi connectivity index (χ2v) is 5.60. The van der Waals surface area contributed by atoms with E-state index < -0.39 is 17.5 Å². The molecule has 0 aliphatic rings. The Morgan fingerprint density at radius 1 is 1.50 bits per heavy atom. The van der Waals surface area contributed by atoms with E-state index in [0.717, 1.165) is 6.20 Å². The van der Waals surface area contributed by atoms with Crippen LogP contribution in [0.5, 0.6) is 11.5 Å². The zero-order chi connectivity index (χ0) is 19.1. The number of nitrogens with zero attached hydrogens (tertiary/aromatic N) is 3. The molecule has 0 spiro atoms. The molecule has 0 unspecified atom stereocenters. The minimum absolute atomic E-state index is 0.120. The van der Waals surface area contributed by atoms with Gasteiger partial charge < -0.3 is 14.6 Å². The number of carbonyl (C=O) groups is 1. The number of pyridine rings is 1. The van der Waals surface area contributed by atoms with Crippen LogP contribution in [-0.4, -0.2) is 40.9 Å². The topological polar surface area (TPSA) is 136 Å². The van der Waals surface area contributed by atoms with Crippen molar-refractivity contribution in [3.63, 3.8) is 0 Å². The van der Waals surface area contributed by atoms with Gasteiger partial charge in [0.2, 0.25) is 0 Å². The number of anilines is 1. The molecule has 11 heteroatoms. The molecule has 0 radical (unpaired) electrons. The molecule has 136 valence electrons. The van der Waals surface area contributed by atoms with Gasteiger partial charge in [-0.1, -0.05) is 0 Å². The van der Waals surface area contributed by atoms with Crippen molar-refractivity contribution >= 4 is 39.6 Å². The second-order valence-electron chi connectivity index (χ2n) is 4.75. The molecule has 0 aliphatic carbocycles. The number of benzene rings is 1. The number of hydrogen-bond acceptors (Lipinski definition) is 8. The fraction of sp³-hybridized carbons (Fsp3) is 0.133. The Kier molecular flexibility index (Phi) is 6.44. The van der Waals surface area contributed by atoms with Crippen molar-refractivity contribution in [1.82, 2.24) is 4.98 Å². The molecule has 0 bridgehead atoms. The van der Waals surface area contributed by atoms with Gasteiger partial charge in [-0.3, -0.25) is 15.5 Å². The molecule has 0 saturated heterocycles. The van der Waals surface area contributed by atoms with Crippen molar-refractivity contribution in [2.24, 2.45) is 5.10 Å². The van der Waals surface area contributed by atoms with Crippen LogP contribution in [-0.2, 0) is 4.79 Å². The summed E-state index contributed by atoms with van der Waals surface area (Å²) in [7, 11) is 1.43. The van der Waals surface area contributed by atoms with Crippen molar-refractivity contribution < 1.29 is 24.3 Å². The Morgan fingerprint density at radius 2 is 2.27 bits per heavy atom. The first-order valence-electron chi connectivity index (χ1n) is 7.02. The van der Waals surface area contributed by atoms with E-state index >= 15 is 0 Å². The highest BCUT2D eigenvalue weighted by molar-refractivity contribution is 9.10. The predicted octanol–water partition coefficient (Wildman–Crippen LogP) is 2.67. The Morgan fingerprint density at radius 3 is 2.85 bits per heavy atom. The highest BCUT2D eigenvalue weighted by atomic mass is 79.9. The number of hydrogen-bond donors (Lipinski definition) is 2. The van der Waals surface area contributed by atoms with Gasteiger partial charge in [-0.15, -0.1) is 0 Å². The first-order valence-corrected chi connectivity index (χ1v) is 7.81. The lowest BCUT2D eigenvalue weighted by atomic mass is 10.2. The fourth-order valence-corrected chi connectivity index (χ4v) is 2.40. The number of rotatable bonds is 8. The molecule has 1 aromatic carbocycles. The van der Waals surface area contributed by atoms with Crippen LogP contribution in [0.1, 0.15) is 5.56 Å². The second kappa shape index (κ2) is 8.76. The molecule has 10 nitrogen and oxygen atoms in total. The molecule has 1 aromatic heterocycles. The van der Waals surface area contributed by atoms with Gasteiger partial charge in [0.15, 0.2) is 18.1 Å². The smallest absolute Gasteiger partial charge is 0.341 e. The summed E-state index contributed by atoms with van der Waals surface area (Å²) in [4.78, 5) is 24.5. The molecule has 1 heterocycles. The fourth-order valence-electron chi connectivity index (χ4n) is 1.82. The molecule has 0 saturated carbocycles. The molecule has 2 N–H and O–H groups in total. The van der Waals surface area contributed by atoms with E-state index in [2.05, 4.69) is 31.4 Å². The lowest BCUT2D eigenvalue weighted by Crippen LogP contribution is -2.10. The minimum Gasteiger partial charge on any atom is -0.493 e. The normalized spacial score (nSPS) is 10.5. The number of carboxylic acids is 1. The van der Waals surface area contributed by atoms with Gasteiger partial charge in [0.05, 0.1) is 22.7 Å². The third-order valence-corrected chi connectivity index (χ3v) is 3.53. The average molecular weight is 425 g/mol. The molecule has 26 heavy (non-hydrogen) atoms. The van der Waals surface area contributed by atoms with E-state index in [1.165, 1.54) is 25.5 Å². The van der Waals surface area contributed by atoms with Gasteiger partial charge in [-0.2, -0.15) is 5.10 Å². The zero-order valence-corrected chi connectivity index (χ0v) is 15.0. The zero-order valence-electron chi connectivity index (χ0n) is 13.4. The molecule has 0 atom stereocenters. The van der Waals surface area contributed by atoms with Gasteiger partial charge in [0.1, 0.15) is 12.0 Å². The number of aliphatic carboxylic acids is 1. The summed E-state index contributed by atoms with van der Waals surface area (Å²) in [5.41, 5.74) is 3.15. The quantitative estimate of drug-likeness (QED) is 0.374. The monoisotopic (exact) mass is 424 g/mol. The summed E-state index contributed by atoms with van der Waals surface area (Å²) in [6.07, 6.45) is 2.59. The average Bonchev–Trinajstić information content (AvgIpc) is 2.60. The minimum atomic E-state index is -1.11. The first-order chi connectivity index (χ1) is 12.4. The molecule has 2 aromatic rings. The van der Waals surface area contributed by atoms with Crippen LogP contribution < -0.4 is 14.9 Å². The number of halogens is 1. The van der Waals surface area contributed by atoms with Crippen molar-refractivity contribution in [2.45, 2.75) is 0 Å². The van der Waals surface area contributed by atoms with Gasteiger partial charge >= 0.3 is 5.97 Å². The van der Waals surface area contributed by atoms with Crippen LogP contribution in [0.15, 0.2) is 40.0 Å². The van der Waals surface area contributed by atoms with Crippen molar-refractivity contribution in [3.8, 4) is 11.5 Å². The van der Waals surface area contributed by atoms with Gasteiger partial charge in [-0.25, -0.2) is 9.78 Å². The third kappa shape index (κ3) is 5.14. The molecule has 0 fully saturated rings. The lowest BCUT2D eigenvalue weighted by Gasteiger charge is -2.12. The summed E-state index contributed by atoms with van der Waals surface area (Å²) in [6.45, 7) is -0.504. The van der Waals surface area contributed by atoms with E-state index in [1.807, 2.05) is 0 Å². The van der Waals surface area contributed by atoms with E-state index in [9.17, 15) is 14.9 Å². The van der Waals surface area contributed by atoms with Crippen LogP contribution in [0.2, 0.25) is 0 Å². The van der Waals surface area contributed by atoms with Crippen LogP contribution in [0, 0.1) is 10.1 Å². The Bertz CT molecular complexity index is 841. The summed E-state index contributed by atoms with van der Waals surface area (Å²) >= 11 is 3.29. The maximum atomic E-state index is 10.6. The number of hydrazone groups is 1. The standard InChI is InChI=1S/C15H13BrN4O6/c1-25-12-5-9(4-11(16)15(12)26-8-14(21)22)6-18-19-13-3-2-10(7-17-13)20(23)24/h2-7H,8H2,1H3,(H,17,19)(H,21,22)/b18-6+.